The van der Waals surface area contributed by atoms with Crippen LogP contribution in [0.2, 0.25) is 0 Å². The Morgan fingerprint density at radius 2 is 2.08 bits per heavy atom. The lowest BCUT2D eigenvalue weighted by Gasteiger charge is -2.12. The van der Waals surface area contributed by atoms with E-state index in [1.807, 2.05) is 20.8 Å². The molecule has 2 rings (SSSR count). The molecule has 0 unspecified atom stereocenters. The van der Waals surface area contributed by atoms with Gasteiger partial charge in [0.05, 0.1) is 12.2 Å². The Labute approximate surface area is 153 Å². The number of sulfone groups is 1. The van der Waals surface area contributed by atoms with Gasteiger partial charge in [-0.25, -0.2) is 17.8 Å². The van der Waals surface area contributed by atoms with Crippen LogP contribution in [0.15, 0.2) is 35.3 Å². The Bertz CT molecular complexity index is 900. The third-order valence-electron chi connectivity index (χ3n) is 4.04. The van der Waals surface area contributed by atoms with Crippen LogP contribution in [0.4, 0.5) is 4.39 Å². The highest BCUT2D eigenvalue weighted by Gasteiger charge is 2.19. The SMILES string of the molecule is Cc1nn(CC(F)=CCN)c(C(C)C)c1Cc1ccc(S(C)(=O)=O)nc1. The summed E-state index contributed by atoms with van der Waals surface area (Å²) in [5.41, 5.74) is 9.02. The minimum Gasteiger partial charge on any atom is -0.327 e. The maximum Gasteiger partial charge on any atom is 0.192 e. The lowest BCUT2D eigenvalue weighted by molar-refractivity contribution is 0.504. The van der Waals surface area contributed by atoms with Crippen LogP contribution >= 0.6 is 0 Å². The fourth-order valence-electron chi connectivity index (χ4n) is 2.90. The zero-order chi connectivity index (χ0) is 19.5. The molecule has 0 aliphatic rings. The standard InChI is InChI=1S/C18H25FN4O2S/c1-12(2)18-16(13(3)22-23(18)11-15(19)7-8-20)9-14-5-6-17(21-10-14)26(4,24)25/h5-7,10,12H,8-9,11,20H2,1-4H3. The highest BCUT2D eigenvalue weighted by atomic mass is 32.2. The number of nitrogens with two attached hydrogens (primary N) is 1. The lowest BCUT2D eigenvalue weighted by Crippen LogP contribution is -2.09. The normalized spacial score (nSPS) is 12.8. The average Bonchev–Trinajstić information content (AvgIpc) is 2.82. The molecule has 0 saturated heterocycles. The van der Waals surface area contributed by atoms with Crippen LogP contribution in [0.5, 0.6) is 0 Å². The van der Waals surface area contributed by atoms with Crippen molar-refractivity contribution in [3.8, 4) is 0 Å². The molecular weight excluding hydrogens is 355 g/mol. The molecule has 0 spiro atoms. The van der Waals surface area contributed by atoms with Crippen LogP contribution in [0, 0.1) is 6.92 Å². The quantitative estimate of drug-likeness (QED) is 0.797. The number of allylic oxidation sites excluding steroid dienone is 1. The zero-order valence-corrected chi connectivity index (χ0v) is 16.3. The Morgan fingerprint density at radius 1 is 1.38 bits per heavy atom. The van der Waals surface area contributed by atoms with Gasteiger partial charge in [-0.3, -0.25) is 4.68 Å². The van der Waals surface area contributed by atoms with E-state index >= 15 is 0 Å². The number of nitrogens with zero attached hydrogens (tertiary/aromatic N) is 3. The van der Waals surface area contributed by atoms with Gasteiger partial charge >= 0.3 is 0 Å². The second-order valence-corrected chi connectivity index (χ2v) is 8.56. The van der Waals surface area contributed by atoms with Crippen LogP contribution in [0.25, 0.3) is 0 Å². The summed E-state index contributed by atoms with van der Waals surface area (Å²) >= 11 is 0. The van der Waals surface area contributed by atoms with E-state index in [-0.39, 0.29) is 29.9 Å². The summed E-state index contributed by atoms with van der Waals surface area (Å²) in [6.45, 7) is 6.16. The first-order valence-corrected chi connectivity index (χ1v) is 10.3. The van der Waals surface area contributed by atoms with E-state index in [4.69, 9.17) is 5.73 Å². The summed E-state index contributed by atoms with van der Waals surface area (Å²) in [4.78, 5) is 4.03. The predicted molar refractivity (Wildman–Crippen MR) is 99.5 cm³/mol. The highest BCUT2D eigenvalue weighted by Crippen LogP contribution is 2.26. The fraction of sp³-hybridized carbons (Fsp3) is 0.444. The number of halogens is 1. The van der Waals surface area contributed by atoms with Crippen molar-refractivity contribution in [2.75, 3.05) is 12.8 Å². The molecule has 142 valence electrons. The summed E-state index contributed by atoms with van der Waals surface area (Å²) < 4.78 is 38.7. The van der Waals surface area contributed by atoms with Crippen molar-refractivity contribution in [2.24, 2.45) is 5.73 Å². The molecule has 0 atom stereocenters. The number of aromatic nitrogens is 3. The van der Waals surface area contributed by atoms with Gasteiger partial charge in [-0.2, -0.15) is 5.10 Å². The van der Waals surface area contributed by atoms with Gasteiger partial charge in [0.1, 0.15) is 5.83 Å². The Morgan fingerprint density at radius 3 is 2.58 bits per heavy atom. The Hall–Kier alpha value is -2.06. The van der Waals surface area contributed by atoms with Gasteiger partial charge in [0.15, 0.2) is 14.9 Å². The molecular formula is C18H25FN4O2S. The number of rotatable bonds is 7. The van der Waals surface area contributed by atoms with Crippen LogP contribution in [0.3, 0.4) is 0 Å². The largest absolute Gasteiger partial charge is 0.327 e. The monoisotopic (exact) mass is 380 g/mol. The fourth-order valence-corrected chi connectivity index (χ4v) is 3.46. The average molecular weight is 380 g/mol. The second-order valence-electron chi connectivity index (χ2n) is 6.60. The highest BCUT2D eigenvalue weighted by molar-refractivity contribution is 7.90. The maximum absolute atomic E-state index is 13.9. The molecule has 8 heteroatoms. The number of hydrogen-bond donors (Lipinski definition) is 1. The van der Waals surface area contributed by atoms with Gasteiger partial charge in [0, 0.05) is 36.7 Å². The van der Waals surface area contributed by atoms with Gasteiger partial charge in [-0.05, 0) is 30.5 Å². The third kappa shape index (κ3) is 4.76. The van der Waals surface area contributed by atoms with E-state index < -0.39 is 9.84 Å². The molecule has 0 aromatic carbocycles. The molecule has 2 aromatic rings. The molecule has 2 heterocycles. The minimum absolute atomic E-state index is 0.0479. The Kier molecular flexibility index (Phi) is 6.30. The first-order chi connectivity index (χ1) is 12.1. The molecule has 0 radical (unpaired) electrons. The van der Waals surface area contributed by atoms with Crippen LogP contribution < -0.4 is 5.73 Å². The van der Waals surface area contributed by atoms with Gasteiger partial charge < -0.3 is 5.73 Å². The molecule has 0 bridgehead atoms. The van der Waals surface area contributed by atoms with Crippen molar-refractivity contribution in [2.45, 2.75) is 44.7 Å². The van der Waals surface area contributed by atoms with Crippen LogP contribution in [-0.2, 0) is 22.8 Å². The van der Waals surface area contributed by atoms with E-state index in [1.165, 1.54) is 12.1 Å². The van der Waals surface area contributed by atoms with E-state index in [0.717, 1.165) is 28.8 Å². The second kappa shape index (κ2) is 8.09. The maximum atomic E-state index is 13.9. The molecule has 0 aliphatic carbocycles. The number of hydrogen-bond acceptors (Lipinski definition) is 5. The molecule has 0 amide bonds. The van der Waals surface area contributed by atoms with Crippen molar-refractivity contribution < 1.29 is 12.8 Å². The van der Waals surface area contributed by atoms with Gasteiger partial charge in [-0.1, -0.05) is 19.9 Å². The summed E-state index contributed by atoms with van der Waals surface area (Å²) in [5.74, 6) is -0.164. The Balaban J connectivity index is 2.37. The molecule has 0 aliphatic heterocycles. The molecule has 6 nitrogen and oxygen atoms in total. The topological polar surface area (TPSA) is 90.9 Å². The van der Waals surface area contributed by atoms with Crippen molar-refractivity contribution in [1.82, 2.24) is 14.8 Å². The van der Waals surface area contributed by atoms with Gasteiger partial charge in [0.25, 0.3) is 0 Å². The van der Waals surface area contributed by atoms with Crippen molar-refractivity contribution >= 4 is 9.84 Å². The van der Waals surface area contributed by atoms with E-state index in [1.54, 1.807) is 16.9 Å². The van der Waals surface area contributed by atoms with E-state index in [2.05, 4.69) is 10.1 Å². The third-order valence-corrected chi connectivity index (χ3v) is 5.04. The van der Waals surface area contributed by atoms with Crippen molar-refractivity contribution in [3.63, 3.8) is 0 Å². The van der Waals surface area contributed by atoms with Crippen molar-refractivity contribution in [3.05, 3.63) is 52.7 Å². The number of pyridine rings is 1. The first kappa shape index (κ1) is 20.3. The molecule has 2 aromatic heterocycles. The van der Waals surface area contributed by atoms with E-state index in [0.29, 0.717) is 6.42 Å². The number of aryl methyl sites for hydroxylation is 1. The molecule has 0 fully saturated rings. The predicted octanol–water partition coefficient (Wildman–Crippen LogP) is 2.52. The summed E-state index contributed by atoms with van der Waals surface area (Å²) in [5, 5.41) is 4.53. The molecule has 2 N–H and O–H groups in total. The smallest absolute Gasteiger partial charge is 0.192 e. The summed E-state index contributed by atoms with van der Waals surface area (Å²) in [6, 6.07) is 3.25. The lowest BCUT2D eigenvalue weighted by atomic mass is 9.98. The van der Waals surface area contributed by atoms with E-state index in [9.17, 15) is 12.8 Å². The van der Waals surface area contributed by atoms with Crippen LogP contribution in [-0.4, -0.2) is 36.0 Å². The molecule has 0 saturated carbocycles. The van der Waals surface area contributed by atoms with Gasteiger partial charge in [-0.15, -0.1) is 0 Å². The summed E-state index contributed by atoms with van der Waals surface area (Å²) in [7, 11) is -3.32. The van der Waals surface area contributed by atoms with Crippen molar-refractivity contribution in [1.29, 1.82) is 0 Å². The molecule has 26 heavy (non-hydrogen) atoms. The first-order valence-electron chi connectivity index (χ1n) is 8.39. The van der Waals surface area contributed by atoms with Crippen LogP contribution in [0.1, 0.15) is 42.3 Å². The minimum atomic E-state index is -3.32. The summed E-state index contributed by atoms with van der Waals surface area (Å²) in [6.07, 6.45) is 4.59. The zero-order valence-electron chi connectivity index (χ0n) is 15.5. The van der Waals surface area contributed by atoms with Gasteiger partial charge in [0.2, 0.25) is 0 Å².